The summed E-state index contributed by atoms with van der Waals surface area (Å²) in [7, 11) is 0. The van der Waals surface area contributed by atoms with Crippen molar-refractivity contribution in [1.82, 2.24) is 14.9 Å². The fourth-order valence-corrected chi connectivity index (χ4v) is 2.77. The van der Waals surface area contributed by atoms with Crippen molar-refractivity contribution < 1.29 is 9.52 Å². The van der Waals surface area contributed by atoms with Gasteiger partial charge in [0.05, 0.1) is 12.6 Å². The van der Waals surface area contributed by atoms with E-state index in [9.17, 15) is 9.90 Å². The Morgan fingerprint density at radius 3 is 3.05 bits per heavy atom. The average molecular weight is 285 g/mol. The maximum atomic E-state index is 12.1. The van der Waals surface area contributed by atoms with E-state index in [0.717, 1.165) is 10.9 Å². The van der Waals surface area contributed by atoms with Gasteiger partial charge in [-0.15, -0.1) is 0 Å². The first-order chi connectivity index (χ1) is 10.1. The van der Waals surface area contributed by atoms with Gasteiger partial charge in [-0.25, -0.2) is 4.98 Å². The van der Waals surface area contributed by atoms with Crippen molar-refractivity contribution in [2.75, 3.05) is 13.1 Å². The van der Waals surface area contributed by atoms with Crippen LogP contribution >= 0.6 is 0 Å². The Bertz CT molecular complexity index is 890. The van der Waals surface area contributed by atoms with E-state index in [1.807, 2.05) is 30.0 Å². The minimum absolute atomic E-state index is 0.259. The van der Waals surface area contributed by atoms with Crippen LogP contribution in [0.15, 0.2) is 27.4 Å². The predicted molar refractivity (Wildman–Crippen MR) is 78.2 cm³/mol. The van der Waals surface area contributed by atoms with E-state index in [4.69, 9.17) is 4.42 Å². The first-order valence-electron chi connectivity index (χ1n) is 6.92. The topological polar surface area (TPSA) is 82.4 Å². The summed E-state index contributed by atoms with van der Waals surface area (Å²) in [6.45, 7) is 3.76. The molecule has 2 N–H and O–H groups in total. The highest BCUT2D eigenvalue weighted by Gasteiger charge is 2.25. The molecule has 0 bridgehead atoms. The van der Waals surface area contributed by atoms with E-state index in [-0.39, 0.29) is 17.2 Å². The van der Waals surface area contributed by atoms with Crippen molar-refractivity contribution in [2.24, 2.45) is 0 Å². The zero-order valence-electron chi connectivity index (χ0n) is 11.6. The zero-order chi connectivity index (χ0) is 14.6. The maximum absolute atomic E-state index is 12.1. The largest absolute Gasteiger partial charge is 0.449 e. The molecule has 3 heterocycles. The van der Waals surface area contributed by atoms with Gasteiger partial charge in [0, 0.05) is 18.5 Å². The highest BCUT2D eigenvalue weighted by Crippen LogP contribution is 2.26. The van der Waals surface area contributed by atoms with E-state index in [1.165, 1.54) is 0 Å². The van der Waals surface area contributed by atoms with Gasteiger partial charge in [0.25, 0.3) is 5.56 Å². The number of aromatic amines is 1. The van der Waals surface area contributed by atoms with Crippen molar-refractivity contribution in [2.45, 2.75) is 19.6 Å². The molecule has 0 unspecified atom stereocenters. The van der Waals surface area contributed by atoms with Crippen LogP contribution in [-0.2, 0) is 6.54 Å². The molecule has 1 aromatic carbocycles. The van der Waals surface area contributed by atoms with E-state index < -0.39 is 0 Å². The van der Waals surface area contributed by atoms with Crippen LogP contribution in [0.25, 0.3) is 22.1 Å². The molecule has 1 saturated heterocycles. The molecule has 0 radical (unpaired) electrons. The van der Waals surface area contributed by atoms with Crippen LogP contribution in [0.1, 0.15) is 11.4 Å². The number of H-pyrrole nitrogens is 1. The van der Waals surface area contributed by atoms with Crippen LogP contribution in [0.3, 0.4) is 0 Å². The quantitative estimate of drug-likeness (QED) is 0.738. The minimum atomic E-state index is -0.266. The molecule has 1 fully saturated rings. The SMILES string of the molecule is Cc1ccc2oc3c(=O)[nH]c(CN4CC(O)C4)nc3c2c1. The van der Waals surface area contributed by atoms with Crippen LogP contribution in [0.5, 0.6) is 0 Å². The molecular formula is C15H15N3O3. The Hall–Kier alpha value is -2.18. The van der Waals surface area contributed by atoms with E-state index in [1.54, 1.807) is 0 Å². The summed E-state index contributed by atoms with van der Waals surface area (Å²) >= 11 is 0. The highest BCUT2D eigenvalue weighted by molar-refractivity contribution is 6.02. The fraction of sp³-hybridized carbons (Fsp3) is 0.333. The molecule has 0 amide bonds. The van der Waals surface area contributed by atoms with Gasteiger partial charge in [0.15, 0.2) is 0 Å². The fourth-order valence-electron chi connectivity index (χ4n) is 2.77. The number of aliphatic hydroxyl groups excluding tert-OH is 1. The number of aromatic nitrogens is 2. The molecule has 108 valence electrons. The van der Waals surface area contributed by atoms with Gasteiger partial charge in [0.2, 0.25) is 5.58 Å². The number of fused-ring (bicyclic) bond motifs is 3. The molecule has 1 aliphatic heterocycles. The van der Waals surface area contributed by atoms with E-state index >= 15 is 0 Å². The summed E-state index contributed by atoms with van der Waals surface area (Å²) in [6, 6.07) is 5.78. The normalized spacial score (nSPS) is 16.7. The van der Waals surface area contributed by atoms with Gasteiger partial charge >= 0.3 is 0 Å². The lowest BCUT2D eigenvalue weighted by Gasteiger charge is -2.35. The molecule has 1 aliphatic rings. The molecule has 4 rings (SSSR count). The molecule has 3 aromatic rings. The van der Waals surface area contributed by atoms with Crippen LogP contribution < -0.4 is 5.56 Å². The molecular weight excluding hydrogens is 270 g/mol. The third-order valence-electron chi connectivity index (χ3n) is 3.84. The lowest BCUT2D eigenvalue weighted by molar-refractivity contribution is -0.00426. The summed E-state index contributed by atoms with van der Waals surface area (Å²) in [4.78, 5) is 21.5. The first kappa shape index (κ1) is 12.6. The van der Waals surface area contributed by atoms with Crippen molar-refractivity contribution in [3.05, 3.63) is 39.9 Å². The van der Waals surface area contributed by atoms with Gasteiger partial charge in [-0.2, -0.15) is 0 Å². The summed E-state index contributed by atoms with van der Waals surface area (Å²) in [5.74, 6) is 0.601. The van der Waals surface area contributed by atoms with Gasteiger partial charge < -0.3 is 14.5 Å². The summed E-state index contributed by atoms with van der Waals surface area (Å²) < 4.78 is 5.60. The Morgan fingerprint density at radius 1 is 1.48 bits per heavy atom. The van der Waals surface area contributed by atoms with Crippen molar-refractivity contribution >= 4 is 22.1 Å². The maximum Gasteiger partial charge on any atom is 0.294 e. The number of furan rings is 1. The molecule has 2 aromatic heterocycles. The van der Waals surface area contributed by atoms with E-state index in [0.29, 0.717) is 36.6 Å². The molecule has 0 spiro atoms. The van der Waals surface area contributed by atoms with Gasteiger partial charge in [-0.1, -0.05) is 11.6 Å². The first-order valence-corrected chi connectivity index (χ1v) is 6.92. The molecule has 0 saturated carbocycles. The standard InChI is InChI=1S/C15H15N3O3/c1-8-2-3-11-10(4-8)13-14(21-11)15(20)17-12(16-13)7-18-5-9(19)6-18/h2-4,9,19H,5-7H2,1H3,(H,16,17,20). The second-order valence-corrected chi connectivity index (χ2v) is 5.64. The molecule has 0 aliphatic carbocycles. The van der Waals surface area contributed by atoms with Crippen molar-refractivity contribution in [3.8, 4) is 0 Å². The minimum Gasteiger partial charge on any atom is -0.449 e. The number of benzene rings is 1. The Labute approximate surface area is 120 Å². The van der Waals surface area contributed by atoms with Crippen LogP contribution in [0.4, 0.5) is 0 Å². The van der Waals surface area contributed by atoms with Crippen LogP contribution in [0.2, 0.25) is 0 Å². The summed E-state index contributed by atoms with van der Waals surface area (Å²) in [5.41, 5.74) is 2.38. The number of aryl methyl sites for hydroxylation is 1. The lowest BCUT2D eigenvalue weighted by Crippen LogP contribution is -2.50. The van der Waals surface area contributed by atoms with Crippen molar-refractivity contribution in [1.29, 1.82) is 0 Å². The number of nitrogens with one attached hydrogen (secondary N) is 1. The monoisotopic (exact) mass is 285 g/mol. The second-order valence-electron chi connectivity index (χ2n) is 5.64. The third kappa shape index (κ3) is 2.03. The van der Waals surface area contributed by atoms with Crippen molar-refractivity contribution in [3.63, 3.8) is 0 Å². The third-order valence-corrected chi connectivity index (χ3v) is 3.84. The Kier molecular flexibility index (Phi) is 2.63. The number of nitrogens with zero attached hydrogens (tertiary/aromatic N) is 2. The smallest absolute Gasteiger partial charge is 0.294 e. The average Bonchev–Trinajstić information content (AvgIpc) is 2.76. The molecule has 21 heavy (non-hydrogen) atoms. The Morgan fingerprint density at radius 2 is 2.29 bits per heavy atom. The Balaban J connectivity index is 1.85. The number of β-amino-alcohol motifs (C(OH)–C–C–N with tert-alkyl or cyclic N) is 1. The predicted octanol–water partition coefficient (Wildman–Crippen LogP) is 1.15. The van der Waals surface area contributed by atoms with Gasteiger partial charge in [-0.05, 0) is 19.1 Å². The molecule has 6 heteroatoms. The number of hydrogen-bond donors (Lipinski definition) is 2. The zero-order valence-corrected chi connectivity index (χ0v) is 11.6. The second kappa shape index (κ2) is 4.41. The van der Waals surface area contributed by atoms with Gasteiger partial charge in [0.1, 0.15) is 16.9 Å². The number of hydrogen-bond acceptors (Lipinski definition) is 5. The summed E-state index contributed by atoms with van der Waals surface area (Å²) in [6.07, 6.45) is -0.266. The lowest BCUT2D eigenvalue weighted by atomic mass is 10.1. The van der Waals surface area contributed by atoms with Crippen LogP contribution in [-0.4, -0.2) is 39.2 Å². The van der Waals surface area contributed by atoms with E-state index in [2.05, 4.69) is 9.97 Å². The van der Waals surface area contributed by atoms with Crippen LogP contribution in [0, 0.1) is 6.92 Å². The number of rotatable bonds is 2. The van der Waals surface area contributed by atoms with Gasteiger partial charge in [-0.3, -0.25) is 9.69 Å². The molecule has 6 nitrogen and oxygen atoms in total. The highest BCUT2D eigenvalue weighted by atomic mass is 16.3. The number of aliphatic hydroxyl groups is 1. The molecule has 0 atom stereocenters. The summed E-state index contributed by atoms with van der Waals surface area (Å²) in [5, 5.41) is 10.2. The number of likely N-dealkylation sites (tertiary alicyclic amines) is 1.